The first-order chi connectivity index (χ1) is 8.65. The summed E-state index contributed by atoms with van der Waals surface area (Å²) in [5.41, 5.74) is 0.400. The van der Waals surface area contributed by atoms with Gasteiger partial charge in [0.25, 0.3) is 0 Å². The van der Waals surface area contributed by atoms with Crippen LogP contribution in [0, 0.1) is 0 Å². The van der Waals surface area contributed by atoms with E-state index in [1.165, 1.54) is 7.11 Å². The van der Waals surface area contributed by atoms with Gasteiger partial charge in [0.05, 0.1) is 19.4 Å². The van der Waals surface area contributed by atoms with Crippen molar-refractivity contribution in [3.63, 3.8) is 0 Å². The van der Waals surface area contributed by atoms with Crippen molar-refractivity contribution in [2.75, 3.05) is 18.6 Å². The summed E-state index contributed by atoms with van der Waals surface area (Å²) in [7, 11) is 1.46. The number of carboxylic acids is 1. The molecular weight excluding hydrogens is 238 g/mol. The van der Waals surface area contributed by atoms with Gasteiger partial charge >= 0.3 is 12.1 Å². The molecule has 0 saturated carbocycles. The van der Waals surface area contributed by atoms with Crippen LogP contribution in [0.5, 0.6) is 5.75 Å². The van der Waals surface area contributed by atoms with E-state index >= 15 is 0 Å². The minimum Gasteiger partial charge on any atom is -0.495 e. The molecule has 0 bridgehead atoms. The molecule has 1 saturated heterocycles. The van der Waals surface area contributed by atoms with Gasteiger partial charge in [0.2, 0.25) is 0 Å². The number of aliphatic carboxylic acids is 1. The number of carboxylic acid groups (broad SMARTS) is 1. The summed E-state index contributed by atoms with van der Waals surface area (Å²) in [5, 5.41) is 9.16. The molecule has 1 amide bonds. The van der Waals surface area contributed by atoms with Crippen molar-refractivity contribution >= 4 is 17.7 Å². The van der Waals surface area contributed by atoms with Gasteiger partial charge in [-0.15, -0.1) is 0 Å². The molecule has 1 unspecified atom stereocenters. The molecule has 6 nitrogen and oxygen atoms in total. The first-order valence-corrected chi connectivity index (χ1v) is 5.47. The highest BCUT2D eigenvalue weighted by molar-refractivity contribution is 5.97. The first-order valence-electron chi connectivity index (χ1n) is 5.47. The van der Waals surface area contributed by atoms with E-state index in [1.807, 2.05) is 0 Å². The maximum atomic E-state index is 11.8. The lowest BCUT2D eigenvalue weighted by Gasteiger charge is -2.32. The Bertz CT molecular complexity index is 473. The third kappa shape index (κ3) is 2.09. The van der Waals surface area contributed by atoms with Crippen LogP contribution < -0.4 is 9.64 Å². The van der Waals surface area contributed by atoms with E-state index in [4.69, 9.17) is 14.6 Å². The molecule has 1 N–H and O–H groups in total. The van der Waals surface area contributed by atoms with Crippen LogP contribution in [0.4, 0.5) is 10.5 Å². The Kier molecular flexibility index (Phi) is 3.36. The number of rotatable bonds is 3. The van der Waals surface area contributed by atoms with E-state index < -0.39 is 18.1 Å². The lowest BCUT2D eigenvalue weighted by Crippen LogP contribution is -2.50. The molecular formula is C12H13NO5. The fourth-order valence-electron chi connectivity index (χ4n) is 1.91. The van der Waals surface area contributed by atoms with Crippen LogP contribution in [-0.2, 0) is 9.53 Å². The molecule has 0 aliphatic carbocycles. The number of ether oxygens (including phenoxy) is 2. The average molecular weight is 251 g/mol. The number of benzene rings is 1. The lowest BCUT2D eigenvalue weighted by molar-refractivity contribution is -0.139. The fraction of sp³-hybridized carbons (Fsp3) is 0.333. The normalized spacial score (nSPS) is 19.3. The summed E-state index contributed by atoms with van der Waals surface area (Å²) < 4.78 is 10.0. The summed E-state index contributed by atoms with van der Waals surface area (Å²) in [4.78, 5) is 24.1. The van der Waals surface area contributed by atoms with Crippen LogP contribution in [-0.4, -0.2) is 36.9 Å². The fourth-order valence-corrected chi connectivity index (χ4v) is 1.91. The number of nitrogens with zero attached hydrogens (tertiary/aromatic N) is 1. The highest BCUT2D eigenvalue weighted by Gasteiger charge is 2.37. The molecule has 1 aliphatic heterocycles. The van der Waals surface area contributed by atoms with Crippen LogP contribution in [0.15, 0.2) is 24.3 Å². The third-order valence-corrected chi connectivity index (χ3v) is 2.75. The second-order valence-electron chi connectivity index (χ2n) is 3.80. The first kappa shape index (κ1) is 12.2. The average Bonchev–Trinajstić information content (AvgIpc) is 2.38. The Labute approximate surface area is 104 Å². The smallest absolute Gasteiger partial charge is 0.415 e. The molecule has 0 aromatic heterocycles. The number of hydrogen-bond acceptors (Lipinski definition) is 4. The number of carbonyl (C=O) groups excluding carboxylic acids is 1. The monoisotopic (exact) mass is 251 g/mol. The number of carbonyl (C=O) groups is 2. The molecule has 0 spiro atoms. The Morgan fingerprint density at radius 3 is 2.89 bits per heavy atom. The molecule has 1 heterocycles. The molecule has 1 fully saturated rings. The number of methoxy groups -OCH3 is 1. The molecule has 96 valence electrons. The van der Waals surface area contributed by atoms with Crippen LogP contribution in [0.2, 0.25) is 0 Å². The van der Waals surface area contributed by atoms with Crippen LogP contribution in [0.3, 0.4) is 0 Å². The number of anilines is 1. The molecule has 1 aromatic rings. The van der Waals surface area contributed by atoms with Crippen molar-refractivity contribution in [1.82, 2.24) is 0 Å². The predicted octanol–water partition coefficient (Wildman–Crippen LogP) is 1.50. The Balaban J connectivity index is 2.43. The summed E-state index contributed by atoms with van der Waals surface area (Å²) >= 11 is 0. The molecule has 1 aromatic carbocycles. The van der Waals surface area contributed by atoms with Gasteiger partial charge in [0.1, 0.15) is 11.8 Å². The summed E-state index contributed by atoms with van der Waals surface area (Å²) in [6.07, 6.45) is -0.419. The van der Waals surface area contributed by atoms with E-state index in [0.29, 0.717) is 11.4 Å². The zero-order valence-corrected chi connectivity index (χ0v) is 9.83. The molecule has 1 aliphatic rings. The van der Waals surface area contributed by atoms with Gasteiger partial charge in [-0.05, 0) is 12.1 Å². The van der Waals surface area contributed by atoms with E-state index in [-0.39, 0.29) is 13.0 Å². The van der Waals surface area contributed by atoms with Gasteiger partial charge in [-0.25, -0.2) is 9.59 Å². The standard InChI is InChI=1S/C12H13NO5/c1-17-10-5-3-2-4-8(10)13-9(11(14)15)6-7-18-12(13)16/h2-5,9H,6-7H2,1H3,(H,14,15). The Morgan fingerprint density at radius 1 is 1.50 bits per heavy atom. The number of para-hydroxylation sites is 2. The van der Waals surface area contributed by atoms with Crippen molar-refractivity contribution in [2.45, 2.75) is 12.5 Å². The minimum atomic E-state index is -1.06. The van der Waals surface area contributed by atoms with Crippen LogP contribution in [0.25, 0.3) is 0 Å². The van der Waals surface area contributed by atoms with Crippen molar-refractivity contribution < 1.29 is 24.2 Å². The largest absolute Gasteiger partial charge is 0.495 e. The Morgan fingerprint density at radius 2 is 2.22 bits per heavy atom. The summed E-state index contributed by atoms with van der Waals surface area (Å²) in [5.74, 6) is -0.625. The number of hydrogen-bond donors (Lipinski definition) is 1. The maximum absolute atomic E-state index is 11.8. The molecule has 2 rings (SSSR count). The van der Waals surface area contributed by atoms with E-state index in [9.17, 15) is 9.59 Å². The predicted molar refractivity (Wildman–Crippen MR) is 62.9 cm³/mol. The van der Waals surface area contributed by atoms with Gasteiger partial charge in [-0.1, -0.05) is 12.1 Å². The van der Waals surface area contributed by atoms with E-state index in [0.717, 1.165) is 4.90 Å². The zero-order chi connectivity index (χ0) is 13.1. The second-order valence-corrected chi connectivity index (χ2v) is 3.80. The van der Waals surface area contributed by atoms with Crippen molar-refractivity contribution in [1.29, 1.82) is 0 Å². The van der Waals surface area contributed by atoms with Crippen molar-refractivity contribution in [2.24, 2.45) is 0 Å². The minimum absolute atomic E-state index is 0.113. The Hall–Kier alpha value is -2.24. The second kappa shape index (κ2) is 4.95. The van der Waals surface area contributed by atoms with Gasteiger partial charge < -0.3 is 14.6 Å². The highest BCUT2D eigenvalue weighted by atomic mass is 16.6. The van der Waals surface area contributed by atoms with E-state index in [1.54, 1.807) is 24.3 Å². The van der Waals surface area contributed by atoms with Gasteiger partial charge in [0, 0.05) is 6.42 Å². The highest BCUT2D eigenvalue weighted by Crippen LogP contribution is 2.32. The molecule has 0 radical (unpaired) electrons. The lowest BCUT2D eigenvalue weighted by atomic mass is 10.1. The van der Waals surface area contributed by atoms with Crippen molar-refractivity contribution in [3.8, 4) is 5.75 Å². The van der Waals surface area contributed by atoms with Gasteiger partial charge in [-0.3, -0.25) is 4.90 Å². The van der Waals surface area contributed by atoms with Gasteiger partial charge in [0.15, 0.2) is 0 Å². The zero-order valence-electron chi connectivity index (χ0n) is 9.83. The number of cyclic esters (lactones) is 1. The molecule has 18 heavy (non-hydrogen) atoms. The van der Waals surface area contributed by atoms with E-state index in [2.05, 4.69) is 0 Å². The third-order valence-electron chi connectivity index (χ3n) is 2.75. The topological polar surface area (TPSA) is 76.1 Å². The molecule has 1 atom stereocenters. The summed E-state index contributed by atoms with van der Waals surface area (Å²) in [6.45, 7) is 0.113. The quantitative estimate of drug-likeness (QED) is 0.880. The maximum Gasteiger partial charge on any atom is 0.415 e. The van der Waals surface area contributed by atoms with Crippen molar-refractivity contribution in [3.05, 3.63) is 24.3 Å². The molecule has 6 heteroatoms. The number of amides is 1. The SMILES string of the molecule is COc1ccccc1N1C(=O)OCCC1C(=O)O. The van der Waals surface area contributed by atoms with Gasteiger partial charge in [-0.2, -0.15) is 0 Å². The summed E-state index contributed by atoms with van der Waals surface area (Å²) in [6, 6.07) is 5.81. The van der Waals surface area contributed by atoms with Crippen LogP contribution >= 0.6 is 0 Å². The van der Waals surface area contributed by atoms with Crippen LogP contribution in [0.1, 0.15) is 6.42 Å².